The molecule has 0 saturated heterocycles. The lowest BCUT2D eigenvalue weighted by atomic mass is 10.0. The third-order valence-corrected chi connectivity index (χ3v) is 2.89. The Balaban J connectivity index is 2.62. The lowest BCUT2D eigenvalue weighted by Crippen LogP contribution is -2.04. The number of hydrogen-bond acceptors (Lipinski definition) is 3. The van der Waals surface area contributed by atoms with Gasteiger partial charge in [-0.25, -0.2) is 0 Å². The molecule has 0 unspecified atom stereocenters. The maximum atomic E-state index is 5.88. The average Bonchev–Trinajstić information content (AvgIpc) is 2.36. The van der Waals surface area contributed by atoms with Gasteiger partial charge in [-0.2, -0.15) is 0 Å². The van der Waals surface area contributed by atoms with E-state index in [0.29, 0.717) is 0 Å². The second-order valence-electron chi connectivity index (χ2n) is 4.10. The minimum Gasteiger partial charge on any atom is -0.493 e. The van der Waals surface area contributed by atoms with E-state index in [1.807, 2.05) is 25.1 Å². The third-order valence-electron chi connectivity index (χ3n) is 2.89. The van der Waals surface area contributed by atoms with Crippen molar-refractivity contribution in [1.29, 1.82) is 0 Å². The second kappa shape index (κ2) is 4.63. The molecule has 0 amide bonds. The van der Waals surface area contributed by atoms with Crippen LogP contribution in [0.1, 0.15) is 18.5 Å². The lowest BCUT2D eigenvalue weighted by molar-refractivity contribution is 0.356. The zero-order valence-electron chi connectivity index (χ0n) is 10.4. The van der Waals surface area contributed by atoms with Crippen molar-refractivity contribution in [2.24, 2.45) is 5.73 Å². The molecule has 0 fully saturated rings. The molecule has 2 aromatic rings. The molecule has 0 aromatic heterocycles. The number of rotatable bonds is 3. The summed E-state index contributed by atoms with van der Waals surface area (Å²) in [4.78, 5) is 0. The topological polar surface area (TPSA) is 44.5 Å². The molecule has 0 bridgehead atoms. The first-order valence-electron chi connectivity index (χ1n) is 5.57. The standard InChI is InChI=1S/C14H17NO2/c1-9(15)10-4-5-11-7-13(16-2)14(17-3)8-12(11)6-10/h4-9H,15H2,1-3H3/t9-/m1/s1. The number of ether oxygens (including phenoxy) is 2. The molecule has 2 N–H and O–H groups in total. The molecule has 0 spiro atoms. The maximum absolute atomic E-state index is 5.88. The van der Waals surface area contributed by atoms with Crippen LogP contribution in [0.5, 0.6) is 11.5 Å². The van der Waals surface area contributed by atoms with Gasteiger partial charge in [0.05, 0.1) is 14.2 Å². The molecule has 0 aliphatic rings. The van der Waals surface area contributed by atoms with Crippen LogP contribution in [-0.2, 0) is 0 Å². The molecule has 2 aromatic carbocycles. The Bertz CT molecular complexity index is 535. The zero-order chi connectivity index (χ0) is 12.4. The molecule has 0 heterocycles. The molecular formula is C14H17NO2. The summed E-state index contributed by atoms with van der Waals surface area (Å²) in [5.74, 6) is 1.48. The Morgan fingerprint density at radius 3 is 2.06 bits per heavy atom. The zero-order valence-corrected chi connectivity index (χ0v) is 10.4. The Morgan fingerprint density at radius 1 is 0.941 bits per heavy atom. The SMILES string of the molecule is COc1cc2ccc([C@@H](C)N)cc2cc1OC. The number of fused-ring (bicyclic) bond motifs is 1. The summed E-state index contributed by atoms with van der Waals surface area (Å²) in [7, 11) is 3.28. The van der Waals surface area contributed by atoms with Crippen molar-refractivity contribution in [3.05, 3.63) is 35.9 Å². The Kier molecular flexibility index (Phi) is 3.20. The van der Waals surface area contributed by atoms with Gasteiger partial charge in [-0.1, -0.05) is 12.1 Å². The fourth-order valence-electron chi connectivity index (χ4n) is 1.88. The van der Waals surface area contributed by atoms with Gasteiger partial charge < -0.3 is 15.2 Å². The minimum atomic E-state index is 0.0347. The summed E-state index contributed by atoms with van der Waals surface area (Å²) < 4.78 is 10.6. The van der Waals surface area contributed by atoms with E-state index in [0.717, 1.165) is 27.8 Å². The van der Waals surface area contributed by atoms with Crippen LogP contribution in [0.2, 0.25) is 0 Å². The highest BCUT2D eigenvalue weighted by molar-refractivity contribution is 5.86. The third kappa shape index (κ3) is 2.19. The van der Waals surface area contributed by atoms with E-state index in [1.165, 1.54) is 0 Å². The average molecular weight is 231 g/mol. The van der Waals surface area contributed by atoms with E-state index in [-0.39, 0.29) is 6.04 Å². The first-order valence-corrected chi connectivity index (χ1v) is 5.57. The van der Waals surface area contributed by atoms with E-state index in [2.05, 4.69) is 12.1 Å². The van der Waals surface area contributed by atoms with Crippen molar-refractivity contribution in [3.63, 3.8) is 0 Å². The number of benzene rings is 2. The van der Waals surface area contributed by atoms with Crippen LogP contribution < -0.4 is 15.2 Å². The van der Waals surface area contributed by atoms with Gasteiger partial charge in [0.2, 0.25) is 0 Å². The largest absolute Gasteiger partial charge is 0.493 e. The predicted octanol–water partition coefficient (Wildman–Crippen LogP) is 2.88. The van der Waals surface area contributed by atoms with Crippen LogP contribution in [0, 0.1) is 0 Å². The van der Waals surface area contributed by atoms with E-state index < -0.39 is 0 Å². The minimum absolute atomic E-state index is 0.0347. The van der Waals surface area contributed by atoms with Gasteiger partial charge in [0.1, 0.15) is 0 Å². The second-order valence-corrected chi connectivity index (χ2v) is 4.10. The maximum Gasteiger partial charge on any atom is 0.161 e. The summed E-state index contributed by atoms with van der Waals surface area (Å²) >= 11 is 0. The lowest BCUT2D eigenvalue weighted by Gasteiger charge is -2.11. The number of methoxy groups -OCH3 is 2. The van der Waals surface area contributed by atoms with E-state index >= 15 is 0 Å². The molecular weight excluding hydrogens is 214 g/mol. The van der Waals surface area contributed by atoms with E-state index in [1.54, 1.807) is 14.2 Å². The number of hydrogen-bond donors (Lipinski definition) is 1. The first-order chi connectivity index (χ1) is 8.15. The molecule has 0 aliphatic heterocycles. The molecule has 0 saturated carbocycles. The van der Waals surface area contributed by atoms with Gasteiger partial charge in [-0.05, 0) is 41.5 Å². The first kappa shape index (κ1) is 11.7. The normalized spacial score (nSPS) is 12.5. The van der Waals surface area contributed by atoms with Crippen molar-refractivity contribution >= 4 is 10.8 Å². The van der Waals surface area contributed by atoms with Gasteiger partial charge >= 0.3 is 0 Å². The van der Waals surface area contributed by atoms with Gasteiger partial charge in [0.25, 0.3) is 0 Å². The van der Waals surface area contributed by atoms with Crippen LogP contribution in [0.4, 0.5) is 0 Å². The summed E-state index contributed by atoms with van der Waals surface area (Å²) in [5.41, 5.74) is 6.99. The molecule has 1 atom stereocenters. The highest BCUT2D eigenvalue weighted by Gasteiger charge is 2.07. The Labute approximate surface area is 101 Å². The van der Waals surface area contributed by atoms with Crippen LogP contribution in [0.3, 0.4) is 0 Å². The monoisotopic (exact) mass is 231 g/mol. The fraction of sp³-hybridized carbons (Fsp3) is 0.286. The van der Waals surface area contributed by atoms with Crippen LogP contribution in [-0.4, -0.2) is 14.2 Å². The summed E-state index contributed by atoms with van der Waals surface area (Å²) in [6.45, 7) is 1.97. The molecule has 2 rings (SSSR count). The summed E-state index contributed by atoms with van der Waals surface area (Å²) in [6, 6.07) is 10.2. The quantitative estimate of drug-likeness (QED) is 0.883. The summed E-state index contributed by atoms with van der Waals surface area (Å²) in [6.07, 6.45) is 0. The van der Waals surface area contributed by atoms with Crippen molar-refractivity contribution in [2.45, 2.75) is 13.0 Å². The van der Waals surface area contributed by atoms with Gasteiger partial charge in [0, 0.05) is 6.04 Å². The smallest absolute Gasteiger partial charge is 0.161 e. The van der Waals surface area contributed by atoms with Gasteiger partial charge in [0.15, 0.2) is 11.5 Å². The molecule has 17 heavy (non-hydrogen) atoms. The number of nitrogens with two attached hydrogens (primary N) is 1. The van der Waals surface area contributed by atoms with Crippen LogP contribution in [0.15, 0.2) is 30.3 Å². The molecule has 3 nitrogen and oxygen atoms in total. The van der Waals surface area contributed by atoms with Crippen molar-refractivity contribution in [3.8, 4) is 11.5 Å². The van der Waals surface area contributed by atoms with Crippen LogP contribution in [0.25, 0.3) is 10.8 Å². The fourth-order valence-corrected chi connectivity index (χ4v) is 1.88. The molecule has 90 valence electrons. The highest BCUT2D eigenvalue weighted by atomic mass is 16.5. The summed E-state index contributed by atoms with van der Waals surface area (Å²) in [5, 5.41) is 2.23. The molecule has 0 aliphatic carbocycles. The Morgan fingerprint density at radius 2 is 1.53 bits per heavy atom. The van der Waals surface area contributed by atoms with Crippen molar-refractivity contribution in [1.82, 2.24) is 0 Å². The predicted molar refractivity (Wildman–Crippen MR) is 69.7 cm³/mol. The van der Waals surface area contributed by atoms with E-state index in [9.17, 15) is 0 Å². The molecule has 0 radical (unpaired) electrons. The van der Waals surface area contributed by atoms with E-state index in [4.69, 9.17) is 15.2 Å². The highest BCUT2D eigenvalue weighted by Crippen LogP contribution is 2.32. The van der Waals surface area contributed by atoms with Gasteiger partial charge in [-0.15, -0.1) is 0 Å². The van der Waals surface area contributed by atoms with Crippen molar-refractivity contribution in [2.75, 3.05) is 14.2 Å². The molecule has 3 heteroatoms. The Hall–Kier alpha value is -1.74. The van der Waals surface area contributed by atoms with Gasteiger partial charge in [-0.3, -0.25) is 0 Å². The van der Waals surface area contributed by atoms with Crippen LogP contribution >= 0.6 is 0 Å². The van der Waals surface area contributed by atoms with Crippen molar-refractivity contribution < 1.29 is 9.47 Å².